The molecule has 18 N–H and O–H groups in total. The standard InChI is InChI=1S/C56H88N12O21/c1-25(2)38-48(78)60-32(17-14-15-19-57)46(76)67-43(44(74)56(88)89)52(82)61-33(21-37(72)73)45(75)58-22-36(71)63-41(30(8)55(86)87)49(79)65-39(26(3)4)53(83)68-23-28(6)20-34(68)47(77)59-31(9)42(51(81)64-38)66-50(80)40(29(7)54(84)85)62-35(70)18-13-11-10-12-16-27(5)24-69/h10-11,13,18,25-34,38-44,69,74H,12,14-17,19-24,57H2,1-9H3,(H,58,75)(H,59,77)(H,60,78)(H,61,82)(H,62,70)(H,63,71)(H,64,81)(H,65,79)(H,66,80)(H,67,76)(H,72,73)(H,84,85)(H,86,87)(H,88,89)/b11-10-,18-13+/t27?,28-,29?,30?,31?,32+,33+,34+,38-,39+,40+,41-,42+,43+,44?/m1/s1. The van der Waals surface area contributed by atoms with E-state index in [1.165, 1.54) is 46.8 Å². The van der Waals surface area contributed by atoms with E-state index in [9.17, 15) is 103 Å². The Hall–Kier alpha value is -8.59. The number of carbonyl (C=O) groups excluding carboxylic acids is 11. The molecule has 15 atom stereocenters. The van der Waals surface area contributed by atoms with Crippen molar-refractivity contribution in [3.8, 4) is 0 Å². The number of unbranched alkanes of at least 4 members (excludes halogenated alkanes) is 1. The van der Waals surface area contributed by atoms with E-state index in [1.807, 2.05) is 22.9 Å². The van der Waals surface area contributed by atoms with Crippen molar-refractivity contribution < 1.29 is 103 Å². The quantitative estimate of drug-likeness (QED) is 0.0259. The maximum atomic E-state index is 14.8. The van der Waals surface area contributed by atoms with Crippen molar-refractivity contribution in [2.75, 3.05) is 26.2 Å². The van der Waals surface area contributed by atoms with Gasteiger partial charge in [-0.1, -0.05) is 59.8 Å². The summed E-state index contributed by atoms with van der Waals surface area (Å²) in [5.41, 5.74) is 5.69. The summed E-state index contributed by atoms with van der Waals surface area (Å²) < 4.78 is 0. The van der Waals surface area contributed by atoms with Crippen LogP contribution in [0.25, 0.3) is 0 Å². The second-order valence-corrected chi connectivity index (χ2v) is 23.0. The van der Waals surface area contributed by atoms with Gasteiger partial charge in [0.1, 0.15) is 54.4 Å². The van der Waals surface area contributed by atoms with E-state index in [1.54, 1.807) is 13.0 Å². The average Bonchev–Trinajstić information content (AvgIpc) is 2.39. The smallest absolute Gasteiger partial charge is 0.335 e. The molecule has 2 aliphatic rings. The zero-order chi connectivity index (χ0) is 67.7. The number of aliphatic hydroxyl groups excluding tert-OH is 2. The largest absolute Gasteiger partial charge is 0.481 e. The average molecular weight is 1270 g/mol. The topological polar surface area (TPSA) is 527 Å². The molecule has 11 amide bonds. The van der Waals surface area contributed by atoms with Crippen LogP contribution in [0.1, 0.15) is 107 Å². The van der Waals surface area contributed by atoms with E-state index < -0.39 is 198 Å². The second-order valence-electron chi connectivity index (χ2n) is 23.0. The zero-order valence-electron chi connectivity index (χ0n) is 51.2. The number of allylic oxidation sites excluding steroid dienone is 3. The molecule has 0 aliphatic carbocycles. The molecule has 2 saturated heterocycles. The van der Waals surface area contributed by atoms with Crippen LogP contribution in [0.4, 0.5) is 0 Å². The number of nitrogens with zero attached hydrogens (tertiary/aromatic N) is 1. The van der Waals surface area contributed by atoms with E-state index in [0.717, 1.165) is 24.8 Å². The van der Waals surface area contributed by atoms with Crippen LogP contribution in [-0.4, -0.2) is 217 Å². The Labute approximate surface area is 513 Å². The first-order valence-corrected chi connectivity index (χ1v) is 29.1. The molecule has 89 heavy (non-hydrogen) atoms. The predicted molar refractivity (Wildman–Crippen MR) is 311 cm³/mol. The Morgan fingerprint density at radius 2 is 1.25 bits per heavy atom. The maximum absolute atomic E-state index is 14.8. The minimum absolute atomic E-state index is 0.00195. The number of carboxylic acids is 4. The minimum atomic E-state index is -2.84. The fraction of sp³-hybridized carbons (Fsp3) is 0.661. The molecule has 0 bridgehead atoms. The highest BCUT2D eigenvalue weighted by atomic mass is 16.4. The SMILES string of the molecule is CC(CO)CC/C=C\C=C\C(=O)N[C@H](C(=O)N[C@@H]1C(=O)N[C@H](C(C)C)C(=O)N[C@@H](CCCCN)C(=O)N[C@@H](C(O)C(=O)O)C(=O)N[C@@H](CC(=O)O)C(=O)NCC(=O)N[C@H](C(C)C(=O)O)C(=O)N[C@@H](C(C)C)C(=O)N2C[C@H](C)C[C@H]2C(=O)NC1C)C(C)C(=O)O. The Morgan fingerprint density at radius 1 is 0.663 bits per heavy atom. The van der Waals surface area contributed by atoms with Gasteiger partial charge in [-0.05, 0) is 89.5 Å². The lowest BCUT2D eigenvalue weighted by Crippen LogP contribution is -2.65. The predicted octanol–water partition coefficient (Wildman–Crippen LogP) is -4.94. The van der Waals surface area contributed by atoms with Crippen LogP contribution < -0.4 is 58.9 Å². The van der Waals surface area contributed by atoms with Gasteiger partial charge in [-0.25, -0.2) is 4.79 Å². The first kappa shape index (κ1) is 76.5. The zero-order valence-corrected chi connectivity index (χ0v) is 51.2. The van der Waals surface area contributed by atoms with Crippen molar-refractivity contribution in [2.24, 2.45) is 41.2 Å². The summed E-state index contributed by atoms with van der Waals surface area (Å²) in [4.78, 5) is 205. The van der Waals surface area contributed by atoms with Crippen molar-refractivity contribution in [2.45, 2.75) is 174 Å². The van der Waals surface area contributed by atoms with Crippen molar-refractivity contribution >= 4 is 88.9 Å². The highest BCUT2D eigenvalue weighted by Gasteiger charge is 2.45. The van der Waals surface area contributed by atoms with E-state index in [4.69, 9.17) is 5.73 Å². The second kappa shape index (κ2) is 36.7. The van der Waals surface area contributed by atoms with Gasteiger partial charge in [0.2, 0.25) is 65.0 Å². The van der Waals surface area contributed by atoms with Crippen LogP contribution in [0.3, 0.4) is 0 Å². The summed E-state index contributed by atoms with van der Waals surface area (Å²) in [5, 5.41) is 82.3. The van der Waals surface area contributed by atoms with Crippen molar-refractivity contribution in [3.63, 3.8) is 0 Å². The summed E-state index contributed by atoms with van der Waals surface area (Å²) in [5.74, 6) is -26.3. The minimum Gasteiger partial charge on any atom is -0.481 e. The molecular weight excluding hydrogens is 1180 g/mol. The molecule has 0 aromatic carbocycles. The lowest BCUT2D eigenvalue weighted by atomic mass is 9.97. The van der Waals surface area contributed by atoms with E-state index in [-0.39, 0.29) is 51.3 Å². The number of nitrogens with two attached hydrogens (primary N) is 1. The number of rotatable bonds is 23. The van der Waals surface area contributed by atoms with Gasteiger partial charge in [-0.2, -0.15) is 0 Å². The Kier molecular flexibility index (Phi) is 31.5. The van der Waals surface area contributed by atoms with Gasteiger partial charge in [0.05, 0.1) is 30.8 Å². The molecule has 2 fully saturated rings. The van der Waals surface area contributed by atoms with Crippen molar-refractivity contribution in [1.29, 1.82) is 0 Å². The van der Waals surface area contributed by atoms with Gasteiger partial charge in [0.15, 0.2) is 6.10 Å². The monoisotopic (exact) mass is 1260 g/mol. The van der Waals surface area contributed by atoms with Crippen LogP contribution in [-0.2, 0) is 71.9 Å². The van der Waals surface area contributed by atoms with E-state index in [0.29, 0.717) is 12.8 Å². The number of carbonyl (C=O) groups is 15. The van der Waals surface area contributed by atoms with Crippen LogP contribution in [0.15, 0.2) is 24.3 Å². The number of aliphatic carboxylic acids is 4. The normalized spacial score (nSPS) is 26.1. The maximum Gasteiger partial charge on any atom is 0.335 e. The molecule has 0 saturated carbocycles. The first-order valence-electron chi connectivity index (χ1n) is 29.1. The molecule has 0 aromatic rings. The van der Waals surface area contributed by atoms with Gasteiger partial charge in [-0.15, -0.1) is 0 Å². The number of aliphatic hydroxyl groups is 2. The molecule has 0 aromatic heterocycles. The number of hydrogen-bond donors (Lipinski definition) is 17. The van der Waals surface area contributed by atoms with E-state index >= 15 is 0 Å². The summed E-state index contributed by atoms with van der Waals surface area (Å²) in [6.45, 7) is 11.4. The van der Waals surface area contributed by atoms with Crippen molar-refractivity contribution in [1.82, 2.24) is 58.1 Å². The molecule has 5 unspecified atom stereocenters. The number of carboxylic acid groups (broad SMARTS) is 4. The number of amides is 11. The first-order chi connectivity index (χ1) is 41.6. The molecule has 33 nitrogen and oxygen atoms in total. The summed E-state index contributed by atoms with van der Waals surface area (Å²) in [6.07, 6.45) is 2.42. The molecule has 33 heteroatoms. The van der Waals surface area contributed by atoms with Crippen molar-refractivity contribution in [3.05, 3.63) is 24.3 Å². The highest BCUT2D eigenvalue weighted by molar-refractivity contribution is 6.02. The molecule has 2 heterocycles. The summed E-state index contributed by atoms with van der Waals surface area (Å²) >= 11 is 0. The molecule has 0 spiro atoms. The van der Waals surface area contributed by atoms with Gasteiger partial charge in [-0.3, -0.25) is 67.1 Å². The lowest BCUT2D eigenvalue weighted by molar-refractivity contribution is -0.153. The Bertz CT molecular complexity index is 2650. The third-order valence-electron chi connectivity index (χ3n) is 14.8. The fourth-order valence-electron chi connectivity index (χ4n) is 9.30. The Morgan fingerprint density at radius 3 is 1.81 bits per heavy atom. The molecule has 498 valence electrons. The van der Waals surface area contributed by atoms with Crippen LogP contribution >= 0.6 is 0 Å². The van der Waals surface area contributed by atoms with Crippen LogP contribution in [0.5, 0.6) is 0 Å². The molecule has 2 aliphatic heterocycles. The molecule has 0 radical (unpaired) electrons. The lowest BCUT2D eigenvalue weighted by Gasteiger charge is -2.34. The number of nitrogens with one attached hydrogen (secondary N) is 10. The van der Waals surface area contributed by atoms with Crippen LogP contribution in [0, 0.1) is 35.5 Å². The highest BCUT2D eigenvalue weighted by Crippen LogP contribution is 2.26. The summed E-state index contributed by atoms with van der Waals surface area (Å²) in [6, 6.07) is -18.7. The molecular formula is C56H88N12O21. The molecule has 2 rings (SSSR count). The van der Waals surface area contributed by atoms with Gasteiger partial charge in [0, 0.05) is 19.2 Å². The van der Waals surface area contributed by atoms with Gasteiger partial charge < -0.3 is 94.4 Å². The van der Waals surface area contributed by atoms with Crippen LogP contribution in [0.2, 0.25) is 0 Å². The number of hydrogen-bond acceptors (Lipinski definition) is 18. The third-order valence-corrected chi connectivity index (χ3v) is 14.8. The van der Waals surface area contributed by atoms with E-state index in [2.05, 4.69) is 37.2 Å². The fourth-order valence-corrected chi connectivity index (χ4v) is 9.30. The third kappa shape index (κ3) is 24.1. The number of fused-ring (bicyclic) bond motifs is 1. The Balaban J connectivity index is 2.96. The van der Waals surface area contributed by atoms with Gasteiger partial charge in [0.25, 0.3) is 0 Å². The van der Waals surface area contributed by atoms with Gasteiger partial charge >= 0.3 is 23.9 Å². The summed E-state index contributed by atoms with van der Waals surface area (Å²) in [7, 11) is 0.